The van der Waals surface area contributed by atoms with Crippen molar-refractivity contribution < 1.29 is 14.2 Å². The number of ether oxygens (including phenoxy) is 1. The van der Waals surface area contributed by atoms with Gasteiger partial charge in [0.2, 0.25) is 5.88 Å². The summed E-state index contributed by atoms with van der Waals surface area (Å²) >= 11 is 1.08. The van der Waals surface area contributed by atoms with Crippen molar-refractivity contribution in [3.05, 3.63) is 59.4 Å². The highest BCUT2D eigenvalue weighted by Crippen LogP contribution is 2.34. The van der Waals surface area contributed by atoms with Crippen LogP contribution in [0.15, 0.2) is 42.5 Å². The van der Waals surface area contributed by atoms with E-state index in [9.17, 15) is 9.50 Å². The fourth-order valence-electron chi connectivity index (χ4n) is 2.56. The molecule has 3 aromatic rings. The van der Waals surface area contributed by atoms with Crippen LogP contribution in [0.5, 0.6) is 17.4 Å². The molecule has 3 rings (SSSR count). The van der Waals surface area contributed by atoms with Gasteiger partial charge >= 0.3 is 0 Å². The van der Waals surface area contributed by atoms with E-state index in [0.29, 0.717) is 22.1 Å². The number of aromatic nitrogens is 1. The van der Waals surface area contributed by atoms with Gasteiger partial charge in [0.05, 0.1) is 0 Å². The van der Waals surface area contributed by atoms with Crippen molar-refractivity contribution in [2.24, 2.45) is 0 Å². The lowest BCUT2D eigenvalue weighted by Crippen LogP contribution is -2.30. The van der Waals surface area contributed by atoms with Gasteiger partial charge in [-0.15, -0.1) is 0 Å². The molecule has 6 nitrogen and oxygen atoms in total. The summed E-state index contributed by atoms with van der Waals surface area (Å²) in [5.74, 6) is 0.812. The highest BCUT2D eigenvalue weighted by molar-refractivity contribution is 7.11. The Hall–Kier alpha value is -3.13. The van der Waals surface area contributed by atoms with E-state index in [1.54, 1.807) is 18.2 Å². The van der Waals surface area contributed by atoms with E-state index < -0.39 is 0 Å². The van der Waals surface area contributed by atoms with E-state index in [2.05, 4.69) is 15.0 Å². The van der Waals surface area contributed by atoms with Gasteiger partial charge in [-0.3, -0.25) is 5.41 Å². The number of halogens is 1. The van der Waals surface area contributed by atoms with Crippen LogP contribution in [0.2, 0.25) is 0 Å². The molecule has 0 bridgehead atoms. The number of rotatable bonds is 6. The quantitative estimate of drug-likeness (QED) is 0.339. The van der Waals surface area contributed by atoms with E-state index in [4.69, 9.17) is 10.1 Å². The average molecular weight is 400 g/mol. The summed E-state index contributed by atoms with van der Waals surface area (Å²) < 4.78 is 22.8. The molecule has 146 valence electrons. The molecule has 0 saturated carbocycles. The minimum atomic E-state index is -0.315. The molecule has 0 atom stereocenters. The van der Waals surface area contributed by atoms with Crippen LogP contribution >= 0.6 is 11.5 Å². The first-order chi connectivity index (χ1) is 13.3. The molecule has 1 heterocycles. The highest BCUT2D eigenvalue weighted by Gasteiger charge is 2.19. The maximum absolute atomic E-state index is 13.0. The van der Waals surface area contributed by atoms with Crippen LogP contribution in [-0.4, -0.2) is 21.4 Å². The van der Waals surface area contributed by atoms with E-state index in [1.807, 2.05) is 32.9 Å². The normalized spacial score (nSPS) is 10.8. The second-order valence-corrected chi connectivity index (χ2v) is 7.32. The Morgan fingerprint density at radius 1 is 1.21 bits per heavy atom. The summed E-state index contributed by atoms with van der Waals surface area (Å²) in [7, 11) is 0. The molecule has 0 radical (unpaired) electrons. The molecule has 0 amide bonds. The zero-order chi connectivity index (χ0) is 20.3. The van der Waals surface area contributed by atoms with Crippen LogP contribution in [0.3, 0.4) is 0 Å². The minimum absolute atomic E-state index is 0.0600. The molecule has 0 spiro atoms. The molecule has 2 aromatic carbocycles. The maximum atomic E-state index is 13.0. The summed E-state index contributed by atoms with van der Waals surface area (Å²) in [6, 6.07) is 11.4. The number of nitrogens with one attached hydrogen (secondary N) is 3. The summed E-state index contributed by atoms with van der Waals surface area (Å²) in [6.07, 6.45) is 0. The van der Waals surface area contributed by atoms with Crippen molar-refractivity contribution in [1.29, 1.82) is 5.41 Å². The van der Waals surface area contributed by atoms with Crippen molar-refractivity contribution in [1.82, 2.24) is 9.69 Å². The van der Waals surface area contributed by atoms with Gasteiger partial charge < -0.3 is 20.5 Å². The average Bonchev–Trinajstić information content (AvgIpc) is 2.99. The third-order valence-electron chi connectivity index (χ3n) is 3.83. The summed E-state index contributed by atoms with van der Waals surface area (Å²) in [5, 5.41) is 24.9. The fraction of sp³-hybridized carbons (Fsp3) is 0.200. The third-order valence-corrected chi connectivity index (χ3v) is 4.58. The van der Waals surface area contributed by atoms with Crippen LogP contribution in [0, 0.1) is 18.2 Å². The molecule has 8 heteroatoms. The molecule has 1 aromatic heterocycles. The molecule has 28 heavy (non-hydrogen) atoms. The van der Waals surface area contributed by atoms with Crippen LogP contribution in [0.25, 0.3) is 0 Å². The molecule has 0 aliphatic rings. The monoisotopic (exact) mass is 400 g/mol. The number of amidine groups is 1. The highest BCUT2D eigenvalue weighted by atomic mass is 32.1. The Balaban J connectivity index is 1.78. The number of aryl methyl sites for hydroxylation is 1. The first-order valence-electron chi connectivity index (χ1n) is 8.68. The number of hydrogen-bond donors (Lipinski definition) is 4. The Bertz CT molecular complexity index is 986. The largest absolute Gasteiger partial charge is 0.492 e. The molecule has 0 aliphatic carbocycles. The molecular weight excluding hydrogens is 379 g/mol. The lowest BCUT2D eigenvalue weighted by Gasteiger charge is -2.14. The molecule has 0 unspecified atom stereocenters. The van der Waals surface area contributed by atoms with Crippen LogP contribution in [0.4, 0.5) is 15.1 Å². The van der Waals surface area contributed by atoms with Gasteiger partial charge in [-0.1, -0.05) is 0 Å². The van der Waals surface area contributed by atoms with Gasteiger partial charge in [0.1, 0.15) is 33.7 Å². The van der Waals surface area contributed by atoms with Gasteiger partial charge in [0.15, 0.2) is 0 Å². The van der Waals surface area contributed by atoms with Gasteiger partial charge in [-0.2, -0.15) is 4.37 Å². The van der Waals surface area contributed by atoms with Gasteiger partial charge in [-0.05, 0) is 80.3 Å². The minimum Gasteiger partial charge on any atom is -0.492 e. The van der Waals surface area contributed by atoms with Crippen LogP contribution in [0.1, 0.15) is 25.0 Å². The smallest absolute Gasteiger partial charge is 0.236 e. The summed E-state index contributed by atoms with van der Waals surface area (Å²) in [5.41, 5.74) is 1.98. The number of nitrogens with zero attached hydrogens (tertiary/aromatic N) is 1. The molecule has 0 aliphatic heterocycles. The van der Waals surface area contributed by atoms with Gasteiger partial charge in [0, 0.05) is 11.7 Å². The second-order valence-electron chi connectivity index (χ2n) is 6.55. The lowest BCUT2D eigenvalue weighted by atomic mass is 10.2. The predicted octanol–water partition coefficient (Wildman–Crippen LogP) is 5.16. The Morgan fingerprint density at radius 3 is 2.57 bits per heavy atom. The second kappa shape index (κ2) is 8.26. The van der Waals surface area contributed by atoms with Crippen molar-refractivity contribution >= 4 is 28.1 Å². The van der Waals surface area contributed by atoms with E-state index in [1.165, 1.54) is 12.1 Å². The maximum Gasteiger partial charge on any atom is 0.236 e. The summed E-state index contributed by atoms with van der Waals surface area (Å²) in [6.45, 7) is 5.74. The summed E-state index contributed by atoms with van der Waals surface area (Å²) in [4.78, 5) is 0. The van der Waals surface area contributed by atoms with Gasteiger partial charge in [-0.25, -0.2) is 4.39 Å². The number of aromatic hydroxyl groups is 1. The van der Waals surface area contributed by atoms with Crippen molar-refractivity contribution in [3.8, 4) is 17.4 Å². The van der Waals surface area contributed by atoms with Crippen LogP contribution in [-0.2, 0) is 0 Å². The fourth-order valence-corrected chi connectivity index (χ4v) is 3.27. The topological polar surface area (TPSA) is 90.3 Å². The first-order valence-corrected chi connectivity index (χ1v) is 9.46. The van der Waals surface area contributed by atoms with E-state index >= 15 is 0 Å². The number of hydrogen-bond acceptors (Lipinski definition) is 6. The van der Waals surface area contributed by atoms with Crippen molar-refractivity contribution in [3.63, 3.8) is 0 Å². The Kier molecular flexibility index (Phi) is 5.79. The van der Waals surface area contributed by atoms with Crippen LogP contribution < -0.4 is 15.4 Å². The van der Waals surface area contributed by atoms with E-state index in [-0.39, 0.29) is 23.6 Å². The Morgan fingerprint density at radius 2 is 1.93 bits per heavy atom. The molecule has 0 fully saturated rings. The van der Waals surface area contributed by atoms with E-state index in [0.717, 1.165) is 22.8 Å². The molecule has 4 N–H and O–H groups in total. The SMILES string of the molecule is Cc1cc(Nc2snc(O)c2C(=N)NC(C)C)ccc1Oc1ccc(F)cc1. The molecule has 0 saturated heterocycles. The number of benzene rings is 2. The Labute approximate surface area is 166 Å². The van der Waals surface area contributed by atoms with Crippen molar-refractivity contribution in [2.45, 2.75) is 26.8 Å². The third kappa shape index (κ3) is 4.58. The molecular formula is C20H21FN4O2S. The zero-order valence-corrected chi connectivity index (χ0v) is 16.5. The first kappa shape index (κ1) is 19.6. The predicted molar refractivity (Wildman–Crippen MR) is 110 cm³/mol. The van der Waals surface area contributed by atoms with Gasteiger partial charge in [0.25, 0.3) is 0 Å². The lowest BCUT2D eigenvalue weighted by molar-refractivity contribution is 0.458. The van der Waals surface area contributed by atoms with Crippen molar-refractivity contribution in [2.75, 3.05) is 5.32 Å². The number of anilines is 2. The zero-order valence-electron chi connectivity index (χ0n) is 15.7. The standard InChI is InChI=1S/C20H21FN4O2S/c1-11(2)23-18(22)17-19(26)25-28-20(17)24-14-6-9-16(12(3)10-14)27-15-7-4-13(21)5-8-15/h4-11,24H,1-3H3,(H2,22,23)(H,25,26).